The predicted octanol–water partition coefficient (Wildman–Crippen LogP) is 4.81. The van der Waals surface area contributed by atoms with Gasteiger partial charge < -0.3 is 5.32 Å². The number of carbonyl (C=O) groups excluding carboxylic acids is 1. The molecule has 1 N–H and O–H groups in total. The Morgan fingerprint density at radius 3 is 2.03 bits per heavy atom. The summed E-state index contributed by atoms with van der Waals surface area (Å²) in [6.45, 7) is 1.18. The van der Waals surface area contributed by atoms with Crippen LogP contribution in [0, 0.1) is 0 Å². The Balaban J connectivity index is 1.27. The average molecular weight is 478 g/mol. The first kappa shape index (κ1) is 24.1. The smallest absolute Gasteiger partial charge is 0.243 e. The van der Waals surface area contributed by atoms with Crippen molar-refractivity contribution in [3.63, 3.8) is 0 Å². The zero-order chi connectivity index (χ0) is 23.8. The van der Waals surface area contributed by atoms with Crippen molar-refractivity contribution >= 4 is 21.6 Å². The number of pyridine rings is 1. The maximum Gasteiger partial charge on any atom is 0.243 e. The van der Waals surface area contributed by atoms with Gasteiger partial charge in [0, 0.05) is 37.6 Å². The van der Waals surface area contributed by atoms with Crippen LogP contribution in [-0.2, 0) is 27.7 Å². The number of sulfonamides is 1. The SMILES string of the molecule is O=C(CCc1ccc(S(=O)(=O)N2CCCCCC2)cc1)Nc1ccc(Cc2ccncc2)cc1. The highest BCUT2D eigenvalue weighted by Gasteiger charge is 2.24. The maximum absolute atomic E-state index is 12.9. The maximum atomic E-state index is 12.9. The van der Waals surface area contributed by atoms with Crippen LogP contribution in [0.5, 0.6) is 0 Å². The molecule has 1 aliphatic heterocycles. The number of aromatic nitrogens is 1. The van der Waals surface area contributed by atoms with Gasteiger partial charge in [0.05, 0.1) is 4.90 Å². The molecule has 0 bridgehead atoms. The molecule has 2 aromatic carbocycles. The van der Waals surface area contributed by atoms with Gasteiger partial charge in [0.2, 0.25) is 15.9 Å². The van der Waals surface area contributed by atoms with Crippen molar-refractivity contribution in [2.75, 3.05) is 18.4 Å². The number of rotatable bonds is 8. The van der Waals surface area contributed by atoms with Crippen LogP contribution in [0.15, 0.2) is 78.0 Å². The van der Waals surface area contributed by atoms with E-state index in [-0.39, 0.29) is 5.91 Å². The highest BCUT2D eigenvalue weighted by Crippen LogP contribution is 2.21. The van der Waals surface area contributed by atoms with Gasteiger partial charge in [-0.25, -0.2) is 8.42 Å². The fourth-order valence-corrected chi connectivity index (χ4v) is 5.70. The molecule has 1 aliphatic rings. The third-order valence-electron chi connectivity index (χ3n) is 6.16. The molecule has 1 amide bonds. The number of carbonyl (C=O) groups is 1. The van der Waals surface area contributed by atoms with Crippen molar-refractivity contribution in [3.05, 3.63) is 89.7 Å². The molecule has 178 valence electrons. The molecule has 3 aromatic rings. The number of benzene rings is 2. The van der Waals surface area contributed by atoms with E-state index in [4.69, 9.17) is 0 Å². The molecular formula is C27H31N3O3S. The van der Waals surface area contributed by atoms with Gasteiger partial charge in [-0.2, -0.15) is 4.31 Å². The van der Waals surface area contributed by atoms with Crippen LogP contribution in [0.4, 0.5) is 5.69 Å². The molecule has 0 saturated carbocycles. The summed E-state index contributed by atoms with van der Waals surface area (Å²) in [5.41, 5.74) is 4.07. The summed E-state index contributed by atoms with van der Waals surface area (Å²) in [6.07, 6.45) is 9.27. The highest BCUT2D eigenvalue weighted by atomic mass is 32.2. The van der Waals surface area contributed by atoms with Crippen molar-refractivity contribution in [2.45, 2.75) is 49.8 Å². The second-order valence-electron chi connectivity index (χ2n) is 8.74. The van der Waals surface area contributed by atoms with Gasteiger partial charge >= 0.3 is 0 Å². The van der Waals surface area contributed by atoms with E-state index in [1.54, 1.807) is 28.8 Å². The fourth-order valence-electron chi connectivity index (χ4n) is 4.18. The van der Waals surface area contributed by atoms with Gasteiger partial charge in [-0.3, -0.25) is 9.78 Å². The molecule has 0 atom stereocenters. The van der Waals surface area contributed by atoms with Crippen molar-refractivity contribution in [1.82, 2.24) is 9.29 Å². The lowest BCUT2D eigenvalue weighted by Gasteiger charge is -2.20. The van der Waals surface area contributed by atoms with Crippen LogP contribution in [0.3, 0.4) is 0 Å². The van der Waals surface area contributed by atoms with Gasteiger partial charge in [0.15, 0.2) is 0 Å². The predicted molar refractivity (Wildman–Crippen MR) is 134 cm³/mol. The van der Waals surface area contributed by atoms with Crippen LogP contribution in [0.25, 0.3) is 0 Å². The molecule has 0 radical (unpaired) electrons. The third kappa shape index (κ3) is 6.52. The van der Waals surface area contributed by atoms with Crippen molar-refractivity contribution < 1.29 is 13.2 Å². The molecule has 0 aliphatic carbocycles. The van der Waals surface area contributed by atoms with E-state index in [1.807, 2.05) is 48.5 Å². The van der Waals surface area contributed by atoms with Crippen LogP contribution in [0.2, 0.25) is 0 Å². The number of hydrogen-bond acceptors (Lipinski definition) is 4. The Kier molecular flexibility index (Phi) is 8.08. The summed E-state index contributed by atoms with van der Waals surface area (Å²) in [4.78, 5) is 16.8. The third-order valence-corrected chi connectivity index (χ3v) is 8.08. The van der Waals surface area contributed by atoms with Gasteiger partial charge in [-0.1, -0.05) is 37.1 Å². The number of nitrogens with one attached hydrogen (secondary N) is 1. The van der Waals surface area contributed by atoms with E-state index in [2.05, 4.69) is 10.3 Å². The summed E-state index contributed by atoms with van der Waals surface area (Å²) in [7, 11) is -3.45. The number of amides is 1. The first-order chi connectivity index (χ1) is 16.5. The monoisotopic (exact) mass is 477 g/mol. The second kappa shape index (κ2) is 11.4. The Morgan fingerprint density at radius 1 is 0.794 bits per heavy atom. The van der Waals surface area contributed by atoms with Crippen LogP contribution in [-0.4, -0.2) is 36.7 Å². The first-order valence-electron chi connectivity index (χ1n) is 11.9. The van der Waals surface area contributed by atoms with Crippen LogP contribution >= 0.6 is 0 Å². The zero-order valence-corrected chi connectivity index (χ0v) is 20.1. The molecule has 6 nitrogen and oxygen atoms in total. The van der Waals surface area contributed by atoms with Crippen molar-refractivity contribution in [3.8, 4) is 0 Å². The van der Waals surface area contributed by atoms with E-state index >= 15 is 0 Å². The van der Waals surface area contributed by atoms with Crippen molar-refractivity contribution in [2.24, 2.45) is 0 Å². The lowest BCUT2D eigenvalue weighted by atomic mass is 10.1. The lowest BCUT2D eigenvalue weighted by molar-refractivity contribution is -0.116. The molecule has 34 heavy (non-hydrogen) atoms. The Morgan fingerprint density at radius 2 is 1.38 bits per heavy atom. The van der Waals surface area contributed by atoms with Gasteiger partial charge in [-0.05, 0) is 78.8 Å². The number of hydrogen-bond donors (Lipinski definition) is 1. The van der Waals surface area contributed by atoms with E-state index < -0.39 is 10.0 Å². The standard InChI is InChI=1S/C27H31N3O3S/c31-27(29-25-10-5-23(6-11-25)21-24-15-17-28-18-16-24)14-9-22-7-12-26(13-8-22)34(32,33)30-19-3-1-2-4-20-30/h5-8,10-13,15-18H,1-4,9,14,19-21H2,(H,29,31). The van der Waals surface area contributed by atoms with Gasteiger partial charge in [-0.15, -0.1) is 0 Å². The molecule has 1 saturated heterocycles. The molecule has 2 heterocycles. The van der Waals surface area contributed by atoms with Crippen molar-refractivity contribution in [1.29, 1.82) is 0 Å². The summed E-state index contributed by atoms with van der Waals surface area (Å²) in [5.74, 6) is -0.0665. The first-order valence-corrected chi connectivity index (χ1v) is 13.3. The van der Waals surface area contributed by atoms with Crippen LogP contribution < -0.4 is 5.32 Å². The van der Waals surface area contributed by atoms with E-state index in [0.717, 1.165) is 43.4 Å². The van der Waals surface area contributed by atoms with Gasteiger partial charge in [0.25, 0.3) is 0 Å². The van der Waals surface area contributed by atoms with E-state index in [1.165, 1.54) is 11.1 Å². The number of aryl methyl sites for hydroxylation is 1. The second-order valence-corrected chi connectivity index (χ2v) is 10.7. The summed E-state index contributed by atoms with van der Waals surface area (Å²) in [5, 5.41) is 2.94. The Bertz CT molecular complexity index is 1170. The molecule has 1 fully saturated rings. The molecule has 0 unspecified atom stereocenters. The number of nitrogens with zero attached hydrogens (tertiary/aromatic N) is 2. The van der Waals surface area contributed by atoms with Gasteiger partial charge in [0.1, 0.15) is 0 Å². The highest BCUT2D eigenvalue weighted by molar-refractivity contribution is 7.89. The molecule has 0 spiro atoms. The Labute approximate surface area is 202 Å². The van der Waals surface area contributed by atoms with E-state index in [0.29, 0.717) is 30.8 Å². The molecule has 4 rings (SSSR count). The lowest BCUT2D eigenvalue weighted by Crippen LogP contribution is -2.31. The minimum Gasteiger partial charge on any atom is -0.326 e. The number of anilines is 1. The quantitative estimate of drug-likeness (QED) is 0.505. The summed E-state index contributed by atoms with van der Waals surface area (Å²) < 4.78 is 27.4. The largest absolute Gasteiger partial charge is 0.326 e. The molecule has 7 heteroatoms. The summed E-state index contributed by atoms with van der Waals surface area (Å²) >= 11 is 0. The topological polar surface area (TPSA) is 79.4 Å². The molecular weight excluding hydrogens is 446 g/mol. The minimum absolute atomic E-state index is 0.0665. The fraction of sp³-hybridized carbons (Fsp3) is 0.333. The summed E-state index contributed by atoms with van der Waals surface area (Å²) in [6, 6.07) is 18.8. The van der Waals surface area contributed by atoms with E-state index in [9.17, 15) is 13.2 Å². The minimum atomic E-state index is -3.45. The zero-order valence-electron chi connectivity index (χ0n) is 19.3. The average Bonchev–Trinajstić information content (AvgIpc) is 3.15. The molecule has 1 aromatic heterocycles. The Hall–Kier alpha value is -3.03. The van der Waals surface area contributed by atoms with Crippen LogP contribution in [0.1, 0.15) is 48.8 Å². The normalized spacial score (nSPS) is 14.9.